The van der Waals surface area contributed by atoms with Crippen molar-refractivity contribution in [3.63, 3.8) is 0 Å². The molecule has 10 heteroatoms. The highest BCUT2D eigenvalue weighted by molar-refractivity contribution is 9.11. The molecule has 1 fully saturated rings. The average molecular weight is 606 g/mol. The van der Waals surface area contributed by atoms with E-state index in [1.165, 1.54) is 17.5 Å². The number of nitrogens with one attached hydrogen (secondary N) is 1. The molecule has 1 aliphatic rings. The van der Waals surface area contributed by atoms with Gasteiger partial charge in [-0.05, 0) is 70.8 Å². The molecule has 2 aromatic carbocycles. The van der Waals surface area contributed by atoms with E-state index in [9.17, 15) is 9.36 Å². The second-order valence-electron chi connectivity index (χ2n) is 6.84. The van der Waals surface area contributed by atoms with E-state index in [4.69, 9.17) is 20.6 Å². The maximum atomic E-state index is 13.6. The molecule has 0 bridgehead atoms. The summed E-state index contributed by atoms with van der Waals surface area (Å²) < 4.78 is 27.4. The Bertz CT molecular complexity index is 1190. The highest BCUT2D eigenvalue weighted by Gasteiger charge is 2.45. The molecule has 31 heavy (non-hydrogen) atoms. The van der Waals surface area contributed by atoms with Crippen LogP contribution in [-0.4, -0.2) is 19.1 Å². The van der Waals surface area contributed by atoms with Crippen LogP contribution >= 0.6 is 62.4 Å². The first-order valence-corrected chi connectivity index (χ1v) is 13.8. The molecule has 0 radical (unpaired) electrons. The van der Waals surface area contributed by atoms with Crippen LogP contribution < -0.4 is 5.32 Å². The lowest BCUT2D eigenvalue weighted by molar-refractivity contribution is -0.120. The number of carbonyl (C=O) groups is 1. The maximum absolute atomic E-state index is 13.6. The topological polar surface area (TPSA) is 64.6 Å². The largest absolute Gasteiger partial charge is 0.347 e. The summed E-state index contributed by atoms with van der Waals surface area (Å²) in [4.78, 5) is 13.3. The molecule has 1 atom stereocenters. The molecule has 1 aromatic heterocycles. The lowest BCUT2D eigenvalue weighted by atomic mass is 10.1. The summed E-state index contributed by atoms with van der Waals surface area (Å²) in [5.74, 6) is -0.463. The van der Waals surface area contributed by atoms with E-state index in [1.807, 2.05) is 29.6 Å². The molecule has 1 unspecified atom stereocenters. The summed E-state index contributed by atoms with van der Waals surface area (Å²) in [5.41, 5.74) is 0.366. The van der Waals surface area contributed by atoms with Crippen molar-refractivity contribution < 1.29 is 18.4 Å². The normalized spacial score (nSPS) is 17.1. The van der Waals surface area contributed by atoms with Gasteiger partial charge in [0.15, 0.2) is 5.66 Å². The van der Waals surface area contributed by atoms with Crippen molar-refractivity contribution in [2.75, 3.05) is 13.2 Å². The van der Waals surface area contributed by atoms with E-state index in [2.05, 4.69) is 37.2 Å². The molecule has 1 saturated heterocycles. The number of hydrogen-bond donors (Lipinski definition) is 1. The lowest BCUT2D eigenvalue weighted by Gasteiger charge is -2.29. The third-order valence-electron chi connectivity index (χ3n) is 4.64. The maximum Gasteiger partial charge on any atom is 0.347 e. The Kier molecular flexibility index (Phi) is 7.38. The lowest BCUT2D eigenvalue weighted by Crippen LogP contribution is -2.28. The highest BCUT2D eigenvalue weighted by Crippen LogP contribution is 2.63. The van der Waals surface area contributed by atoms with Crippen LogP contribution in [0.15, 0.2) is 56.9 Å². The molecule has 1 aliphatic heterocycles. The molecule has 5 nitrogen and oxygen atoms in total. The van der Waals surface area contributed by atoms with Gasteiger partial charge in [-0.3, -0.25) is 9.36 Å². The number of benzene rings is 2. The van der Waals surface area contributed by atoms with Gasteiger partial charge in [0.2, 0.25) is 5.91 Å². The second kappa shape index (κ2) is 9.87. The first-order valence-electron chi connectivity index (χ1n) is 9.34. The van der Waals surface area contributed by atoms with E-state index in [0.717, 1.165) is 24.6 Å². The van der Waals surface area contributed by atoms with Crippen LogP contribution in [0, 0.1) is 0 Å². The van der Waals surface area contributed by atoms with E-state index in [1.54, 1.807) is 18.2 Å². The fourth-order valence-electron chi connectivity index (χ4n) is 3.29. The van der Waals surface area contributed by atoms with Crippen molar-refractivity contribution in [3.8, 4) is 0 Å². The Labute approximate surface area is 205 Å². The third kappa shape index (κ3) is 5.33. The van der Waals surface area contributed by atoms with Crippen LogP contribution in [0.2, 0.25) is 5.02 Å². The summed E-state index contributed by atoms with van der Waals surface area (Å²) >= 11 is 14.5. The number of carbonyl (C=O) groups excluding carboxylic acids is 1. The van der Waals surface area contributed by atoms with Gasteiger partial charge in [-0.2, -0.15) is 0 Å². The van der Waals surface area contributed by atoms with E-state index in [-0.39, 0.29) is 13.2 Å². The fourth-order valence-corrected chi connectivity index (χ4v) is 7.91. The number of hydrogen-bond acceptors (Lipinski definition) is 5. The number of thiophene rings is 1. The summed E-state index contributed by atoms with van der Waals surface area (Å²) in [5, 5.41) is 5.88. The smallest absolute Gasteiger partial charge is 0.332 e. The zero-order valence-electron chi connectivity index (χ0n) is 16.0. The minimum atomic E-state index is -3.71. The van der Waals surface area contributed by atoms with Gasteiger partial charge in [-0.25, -0.2) is 0 Å². The second-order valence-corrected chi connectivity index (χ2v) is 12.1. The predicted molar refractivity (Wildman–Crippen MR) is 133 cm³/mol. The zero-order valence-corrected chi connectivity index (χ0v) is 21.7. The van der Waals surface area contributed by atoms with Crippen molar-refractivity contribution in [1.29, 1.82) is 0 Å². The molecule has 0 saturated carbocycles. The van der Waals surface area contributed by atoms with Crippen LogP contribution in [0.4, 0.5) is 0 Å². The van der Waals surface area contributed by atoms with Gasteiger partial charge in [-0.1, -0.05) is 43.5 Å². The first-order chi connectivity index (χ1) is 14.9. The molecule has 162 valence electrons. The van der Waals surface area contributed by atoms with E-state index >= 15 is 0 Å². The summed E-state index contributed by atoms with van der Waals surface area (Å²) in [6.07, 6.45) is 3.92. The van der Waals surface area contributed by atoms with Gasteiger partial charge in [0.05, 0.1) is 13.2 Å². The monoisotopic (exact) mass is 603 g/mol. The molecule has 1 amide bonds. The van der Waals surface area contributed by atoms with Gasteiger partial charge in [0.25, 0.3) is 0 Å². The molecule has 3 aromatic rings. The number of fused-ring (bicyclic) bond motifs is 1. The molecular formula is C21H17Br2ClNO4PS. The first kappa shape index (κ1) is 23.2. The van der Waals surface area contributed by atoms with Crippen molar-refractivity contribution in [2.45, 2.75) is 12.1 Å². The Balaban J connectivity index is 1.67. The Hall–Kier alpha value is -0.990. The van der Waals surface area contributed by atoms with Gasteiger partial charge in [0.1, 0.15) is 0 Å². The van der Waals surface area contributed by atoms with Gasteiger partial charge >= 0.3 is 7.60 Å². The number of halogens is 3. The van der Waals surface area contributed by atoms with Crippen LogP contribution in [-0.2, 0) is 18.4 Å². The SMILES string of the molecule is O=C(NC=Cc1cc(Br)cc(Br)c1)C(c1csc2ccc(Cl)cc12)P1(=O)OCCCO1. The fraction of sp³-hybridized carbons (Fsp3) is 0.190. The summed E-state index contributed by atoms with van der Waals surface area (Å²) in [6.45, 7) is 0.567. The van der Waals surface area contributed by atoms with E-state index < -0.39 is 19.2 Å². The molecule has 1 N–H and O–H groups in total. The van der Waals surface area contributed by atoms with Crippen LogP contribution in [0.1, 0.15) is 23.2 Å². The van der Waals surface area contributed by atoms with Crippen molar-refractivity contribution in [3.05, 3.63) is 73.1 Å². The Morgan fingerprint density at radius 1 is 1.16 bits per heavy atom. The summed E-state index contributed by atoms with van der Waals surface area (Å²) in [6, 6.07) is 11.2. The van der Waals surface area contributed by atoms with Crippen LogP contribution in [0.25, 0.3) is 16.2 Å². The molecule has 4 rings (SSSR count). The quantitative estimate of drug-likeness (QED) is 0.305. The third-order valence-corrected chi connectivity index (χ3v) is 9.00. The Morgan fingerprint density at radius 2 is 1.87 bits per heavy atom. The molecular weight excluding hydrogens is 589 g/mol. The Morgan fingerprint density at radius 3 is 2.58 bits per heavy atom. The van der Waals surface area contributed by atoms with Crippen LogP contribution in [0.3, 0.4) is 0 Å². The zero-order chi connectivity index (χ0) is 22.0. The van der Waals surface area contributed by atoms with Gasteiger partial charge in [0, 0.05) is 24.9 Å². The molecule has 0 aliphatic carbocycles. The number of amides is 1. The summed E-state index contributed by atoms with van der Waals surface area (Å²) in [7, 11) is -3.71. The van der Waals surface area contributed by atoms with E-state index in [0.29, 0.717) is 17.0 Å². The van der Waals surface area contributed by atoms with Crippen LogP contribution in [0.5, 0.6) is 0 Å². The highest BCUT2D eigenvalue weighted by atomic mass is 79.9. The van der Waals surface area contributed by atoms with Crippen molar-refractivity contribution in [1.82, 2.24) is 5.32 Å². The van der Waals surface area contributed by atoms with Gasteiger partial charge in [-0.15, -0.1) is 11.3 Å². The van der Waals surface area contributed by atoms with Crippen molar-refractivity contribution in [2.24, 2.45) is 0 Å². The van der Waals surface area contributed by atoms with Gasteiger partial charge < -0.3 is 14.4 Å². The molecule has 0 spiro atoms. The van der Waals surface area contributed by atoms with Crippen molar-refractivity contribution >= 4 is 84.5 Å². The number of rotatable bonds is 5. The average Bonchev–Trinajstić information content (AvgIpc) is 3.10. The minimum Gasteiger partial charge on any atom is -0.332 e. The standard InChI is InChI=1S/C21H17Br2ClNO4PS/c22-14-8-13(9-15(23)10-14)4-5-25-21(26)20(30(27)28-6-1-7-29-30)18-12-31-19-3-2-16(24)11-17(18)19/h2-5,8-12,20H,1,6-7H2,(H,25,26). The molecule has 2 heterocycles. The minimum absolute atomic E-state index is 0.284. The predicted octanol–water partition coefficient (Wildman–Crippen LogP) is 7.54.